The molecule has 4 N–H and O–H groups in total. The first-order valence-corrected chi connectivity index (χ1v) is 10.1. The van der Waals surface area contributed by atoms with Crippen LogP contribution in [0.15, 0.2) is 65.6 Å². The number of rotatable bonds is 8. The minimum absolute atomic E-state index is 0.00466. The molecule has 2 aromatic heterocycles. The Bertz CT molecular complexity index is 1310. The van der Waals surface area contributed by atoms with E-state index in [-0.39, 0.29) is 11.8 Å². The molecule has 0 saturated heterocycles. The highest BCUT2D eigenvalue weighted by atomic mass is 16.5. The molecule has 0 amide bonds. The molecule has 0 aliphatic heterocycles. The fourth-order valence-corrected chi connectivity index (χ4v) is 3.56. The molecule has 0 radical (unpaired) electrons. The van der Waals surface area contributed by atoms with Crippen LogP contribution in [0.3, 0.4) is 0 Å². The molecular weight excluding hydrogens is 422 g/mol. The molecule has 4 aromatic rings. The number of ether oxygens (including phenoxy) is 2. The van der Waals surface area contributed by atoms with Crippen molar-refractivity contribution in [3.8, 4) is 17.3 Å². The van der Waals surface area contributed by atoms with E-state index >= 15 is 0 Å². The summed E-state index contributed by atoms with van der Waals surface area (Å²) in [6.07, 6.45) is 2.06. The van der Waals surface area contributed by atoms with Crippen LogP contribution in [-0.4, -0.2) is 45.0 Å². The Morgan fingerprint density at radius 3 is 2.52 bits per heavy atom. The number of amidine groups is 1. The van der Waals surface area contributed by atoms with Crippen LogP contribution in [0, 0.1) is 5.41 Å². The van der Waals surface area contributed by atoms with Crippen LogP contribution in [0.5, 0.6) is 11.5 Å². The van der Waals surface area contributed by atoms with E-state index in [4.69, 9.17) is 20.6 Å². The summed E-state index contributed by atoms with van der Waals surface area (Å²) in [6.45, 7) is 0. The number of H-pyrrole nitrogens is 1. The summed E-state index contributed by atoms with van der Waals surface area (Å²) in [4.78, 5) is 15.5. The van der Waals surface area contributed by atoms with Gasteiger partial charge in [0.2, 0.25) is 0 Å². The topological polar surface area (TPSA) is 145 Å². The molecule has 168 valence electrons. The molecule has 0 aliphatic rings. The Kier molecular flexibility index (Phi) is 6.16. The number of nitrogen functional groups attached to an aromatic ring is 1. The predicted octanol–water partition coefficient (Wildman–Crippen LogP) is 2.03. The molecule has 4 rings (SSSR count). The third-order valence-corrected chi connectivity index (χ3v) is 5.26. The lowest BCUT2D eigenvalue weighted by atomic mass is 9.90. The van der Waals surface area contributed by atoms with Gasteiger partial charge in [0.05, 0.1) is 14.2 Å². The van der Waals surface area contributed by atoms with Crippen LogP contribution >= 0.6 is 0 Å². The summed E-state index contributed by atoms with van der Waals surface area (Å²) in [6, 6.07) is 16.3. The van der Waals surface area contributed by atoms with Gasteiger partial charge >= 0.3 is 5.69 Å². The highest BCUT2D eigenvalue weighted by molar-refractivity contribution is 5.94. The molecular formula is C23H23N7O3. The summed E-state index contributed by atoms with van der Waals surface area (Å²) in [5.41, 5.74) is 7.66. The number of methoxy groups -OCH3 is 2. The van der Waals surface area contributed by atoms with Gasteiger partial charge in [-0.15, -0.1) is 10.2 Å². The van der Waals surface area contributed by atoms with E-state index in [1.54, 1.807) is 38.5 Å². The van der Waals surface area contributed by atoms with Crippen molar-refractivity contribution in [2.24, 2.45) is 5.73 Å². The van der Waals surface area contributed by atoms with E-state index in [0.717, 1.165) is 11.1 Å². The lowest BCUT2D eigenvalue weighted by Crippen LogP contribution is -2.17. The maximum Gasteiger partial charge on any atom is 0.349 e. The van der Waals surface area contributed by atoms with Gasteiger partial charge in [-0.3, -0.25) is 10.4 Å². The summed E-state index contributed by atoms with van der Waals surface area (Å²) in [7, 11) is 3.15. The predicted molar refractivity (Wildman–Crippen MR) is 122 cm³/mol. The lowest BCUT2D eigenvalue weighted by molar-refractivity contribution is 0.354. The molecule has 0 spiro atoms. The molecule has 0 fully saturated rings. The van der Waals surface area contributed by atoms with E-state index in [2.05, 4.69) is 20.3 Å². The maximum atomic E-state index is 12.7. The van der Waals surface area contributed by atoms with Crippen LogP contribution in [-0.2, 0) is 6.42 Å². The molecule has 33 heavy (non-hydrogen) atoms. The summed E-state index contributed by atoms with van der Waals surface area (Å²) >= 11 is 0. The summed E-state index contributed by atoms with van der Waals surface area (Å²) in [5.74, 6) is 1.66. The SMILES string of the molecule is COc1ccc(C(Cc2ccc(C(=N)N)cc2)c2nn(-c3cccnn3)c(=O)[nH]2)cc1OC. The first-order valence-electron chi connectivity index (χ1n) is 10.1. The number of nitrogens with one attached hydrogen (secondary N) is 2. The second kappa shape index (κ2) is 9.35. The number of aromatic amines is 1. The molecule has 10 nitrogen and oxygen atoms in total. The fourth-order valence-electron chi connectivity index (χ4n) is 3.56. The Morgan fingerprint density at radius 2 is 1.88 bits per heavy atom. The van der Waals surface area contributed by atoms with E-state index in [1.165, 1.54) is 10.9 Å². The van der Waals surface area contributed by atoms with Crippen molar-refractivity contribution in [2.45, 2.75) is 12.3 Å². The Balaban J connectivity index is 1.78. The van der Waals surface area contributed by atoms with Crippen molar-refractivity contribution in [3.05, 3.63) is 93.8 Å². The van der Waals surface area contributed by atoms with E-state index in [1.807, 2.05) is 30.3 Å². The molecule has 0 bridgehead atoms. The summed E-state index contributed by atoms with van der Waals surface area (Å²) in [5, 5.41) is 19.9. The van der Waals surface area contributed by atoms with Crippen LogP contribution < -0.4 is 20.9 Å². The van der Waals surface area contributed by atoms with Gasteiger partial charge in [0.1, 0.15) is 11.7 Å². The van der Waals surface area contributed by atoms with Gasteiger partial charge in [-0.2, -0.15) is 9.78 Å². The van der Waals surface area contributed by atoms with Crippen molar-refractivity contribution in [1.82, 2.24) is 25.0 Å². The Labute approximate surface area is 189 Å². The van der Waals surface area contributed by atoms with E-state index < -0.39 is 5.69 Å². The second-order valence-corrected chi connectivity index (χ2v) is 7.29. The van der Waals surface area contributed by atoms with Crippen LogP contribution in [0.1, 0.15) is 28.4 Å². The van der Waals surface area contributed by atoms with E-state index in [0.29, 0.717) is 35.1 Å². The highest BCUT2D eigenvalue weighted by Gasteiger charge is 2.22. The van der Waals surface area contributed by atoms with Gasteiger partial charge in [-0.1, -0.05) is 30.3 Å². The normalized spacial score (nSPS) is 11.7. The van der Waals surface area contributed by atoms with Crippen molar-refractivity contribution in [1.29, 1.82) is 5.41 Å². The maximum absolute atomic E-state index is 12.7. The molecule has 2 heterocycles. The number of nitrogens with zero attached hydrogens (tertiary/aromatic N) is 4. The Hall–Kier alpha value is -4.47. The van der Waals surface area contributed by atoms with Gasteiger partial charge in [-0.25, -0.2) is 4.79 Å². The third-order valence-electron chi connectivity index (χ3n) is 5.26. The average molecular weight is 445 g/mol. The van der Waals surface area contributed by atoms with Crippen LogP contribution in [0.4, 0.5) is 0 Å². The van der Waals surface area contributed by atoms with Gasteiger partial charge < -0.3 is 15.2 Å². The number of nitrogens with two attached hydrogens (primary N) is 1. The second-order valence-electron chi connectivity index (χ2n) is 7.29. The van der Waals surface area contributed by atoms with Crippen molar-refractivity contribution < 1.29 is 9.47 Å². The number of aromatic nitrogens is 5. The third kappa shape index (κ3) is 4.59. The monoisotopic (exact) mass is 445 g/mol. The number of hydrogen-bond acceptors (Lipinski definition) is 7. The molecule has 1 unspecified atom stereocenters. The molecule has 2 aromatic carbocycles. The largest absolute Gasteiger partial charge is 0.493 e. The van der Waals surface area contributed by atoms with Crippen molar-refractivity contribution in [2.75, 3.05) is 14.2 Å². The average Bonchev–Trinajstić information content (AvgIpc) is 3.24. The van der Waals surface area contributed by atoms with E-state index in [9.17, 15) is 4.79 Å². The molecule has 0 aliphatic carbocycles. The first kappa shape index (κ1) is 21.8. The minimum Gasteiger partial charge on any atom is -0.493 e. The van der Waals surface area contributed by atoms with Crippen molar-refractivity contribution >= 4 is 5.84 Å². The highest BCUT2D eigenvalue weighted by Crippen LogP contribution is 2.34. The van der Waals surface area contributed by atoms with Crippen LogP contribution in [0.25, 0.3) is 5.82 Å². The van der Waals surface area contributed by atoms with Crippen molar-refractivity contribution in [3.63, 3.8) is 0 Å². The minimum atomic E-state index is -0.414. The zero-order chi connectivity index (χ0) is 23.4. The lowest BCUT2D eigenvalue weighted by Gasteiger charge is -2.17. The Morgan fingerprint density at radius 1 is 1.12 bits per heavy atom. The van der Waals surface area contributed by atoms with Gasteiger partial charge in [0, 0.05) is 17.7 Å². The van der Waals surface area contributed by atoms with Crippen LogP contribution in [0.2, 0.25) is 0 Å². The zero-order valence-electron chi connectivity index (χ0n) is 18.1. The standard InChI is InChI=1S/C23H23N7O3/c1-32-18-10-9-16(13-19(18)33-2)17(12-14-5-7-15(8-6-14)21(24)25)22-27-23(31)30(29-22)20-4-3-11-26-28-20/h3-11,13,17H,12H2,1-2H3,(H3,24,25)(H,27,29,31). The van der Waals surface area contributed by atoms with Gasteiger partial charge in [0.15, 0.2) is 17.3 Å². The molecule has 10 heteroatoms. The summed E-state index contributed by atoms with van der Waals surface area (Å²) < 4.78 is 12.0. The smallest absolute Gasteiger partial charge is 0.349 e. The van der Waals surface area contributed by atoms with Gasteiger partial charge in [-0.05, 0) is 41.8 Å². The molecule has 1 atom stereocenters. The molecule has 0 saturated carbocycles. The quantitative estimate of drug-likeness (QED) is 0.278. The van der Waals surface area contributed by atoms with Gasteiger partial charge in [0.25, 0.3) is 0 Å². The first-order chi connectivity index (χ1) is 16.0. The zero-order valence-corrected chi connectivity index (χ0v) is 18.1. The number of benzene rings is 2. The number of hydrogen-bond donors (Lipinski definition) is 3. The fraction of sp³-hybridized carbons (Fsp3) is 0.174.